The van der Waals surface area contributed by atoms with E-state index in [1.54, 1.807) is 0 Å². The van der Waals surface area contributed by atoms with Crippen molar-refractivity contribution >= 4 is 53.3 Å². The lowest BCUT2D eigenvalue weighted by molar-refractivity contribution is 1.07. The third-order valence-corrected chi connectivity index (χ3v) is 9.48. The first-order valence-electron chi connectivity index (χ1n) is 32.2. The molecule has 0 amide bonds. The molecule has 8 aromatic carbocycles. The van der Waals surface area contributed by atoms with Crippen LogP contribution in [-0.2, 0) is 0 Å². The van der Waals surface area contributed by atoms with E-state index < -0.39 is 277 Å². The molecule has 5 heteroatoms. The summed E-state index contributed by atoms with van der Waals surface area (Å²) in [4.78, 5) is 12.8. The van der Waals surface area contributed by atoms with E-state index in [4.69, 9.17) is 28.8 Å². The molecule has 0 saturated heterocycles. The Hall–Kier alpha value is -7.21. The molecule has 262 valence electrons. The number of para-hydroxylation sites is 1. The van der Waals surface area contributed by atoms with Crippen LogP contribution in [0.3, 0.4) is 0 Å². The monoisotopic (exact) mass is 764 g/mol. The van der Waals surface area contributed by atoms with Gasteiger partial charge in [0, 0.05) is 53.3 Å². The average Bonchev–Trinajstić information content (AvgIpc) is 1.50. The molecule has 0 spiro atoms. The molecule has 56 heavy (non-hydrogen) atoms. The van der Waals surface area contributed by atoms with Crippen LogP contribution < -0.4 is 0 Å². The van der Waals surface area contributed by atoms with Crippen LogP contribution in [0.1, 0.15) is 43.9 Å². The van der Waals surface area contributed by atoms with E-state index in [0.717, 1.165) is 0 Å². The average molecular weight is 765 g/mol. The van der Waals surface area contributed by atoms with Crippen molar-refractivity contribution in [2.24, 2.45) is 0 Å². The minimum atomic E-state index is -1.15. The zero-order valence-corrected chi connectivity index (χ0v) is 28.5. The highest BCUT2D eigenvalue weighted by Crippen LogP contribution is 2.42. The molecule has 3 aromatic heterocycles. The molecule has 0 aliphatic heterocycles. The van der Waals surface area contributed by atoms with Crippen LogP contribution >= 0.6 is 11.3 Å². The molecular formula is C51H32N4S. The summed E-state index contributed by atoms with van der Waals surface area (Å²) in [6.45, 7) is 0. The fourth-order valence-corrected chi connectivity index (χ4v) is 6.96. The van der Waals surface area contributed by atoms with E-state index in [1.807, 2.05) is 0 Å². The molecule has 0 aliphatic carbocycles. The van der Waals surface area contributed by atoms with Gasteiger partial charge in [0.05, 0.1) is 54.9 Å². The lowest BCUT2D eigenvalue weighted by Gasteiger charge is -2.12. The number of fused-ring (bicyclic) bond motifs is 6. The van der Waals surface area contributed by atoms with Gasteiger partial charge in [-0.05, 0) is 64.6 Å². The van der Waals surface area contributed by atoms with Gasteiger partial charge in [-0.2, -0.15) is 0 Å². The Bertz CT molecular complexity index is 5020. The summed E-state index contributed by atoms with van der Waals surface area (Å²) < 4.78 is 286. The topological polar surface area (TPSA) is 43.6 Å². The number of hydrogen-bond donors (Lipinski definition) is 0. The van der Waals surface area contributed by atoms with E-state index in [-0.39, 0.29) is 20.2 Å². The zero-order chi connectivity index (χ0) is 64.9. The molecule has 0 fully saturated rings. The largest absolute Gasteiger partial charge is 0.309 e. The maximum atomic E-state index is 9.98. The molecule has 0 unspecified atom stereocenters. The Morgan fingerprint density at radius 3 is 1.59 bits per heavy atom. The number of aromatic nitrogens is 4. The van der Waals surface area contributed by atoms with Gasteiger partial charge in [0.2, 0.25) is 0 Å². The molecule has 0 aliphatic rings. The van der Waals surface area contributed by atoms with Gasteiger partial charge in [0.15, 0.2) is 17.5 Å². The van der Waals surface area contributed by atoms with Gasteiger partial charge in [-0.25, -0.2) is 15.0 Å². The zero-order valence-electron chi connectivity index (χ0n) is 59.7. The highest BCUT2D eigenvalue weighted by Gasteiger charge is 2.17. The lowest BCUT2D eigenvalue weighted by Crippen LogP contribution is -2.00. The lowest BCUT2D eigenvalue weighted by atomic mass is 10.0. The molecule has 0 saturated carbocycles. The highest BCUT2D eigenvalue weighted by molar-refractivity contribution is 7.26. The predicted molar refractivity (Wildman–Crippen MR) is 234 cm³/mol. The summed E-state index contributed by atoms with van der Waals surface area (Å²) in [5.74, 6) is -2.81. The normalized spacial score (nSPS) is 19.6. The van der Waals surface area contributed by atoms with Crippen LogP contribution in [0.15, 0.2) is 193 Å². The molecular weight excluding hydrogens is 701 g/mol. The first kappa shape index (κ1) is 13.5. The molecule has 0 bridgehead atoms. The SMILES string of the molecule is [2H]c1c([2H])c([2H])c(-c2nc(-c3c([2H])c([2H])c(-c4c([2H])c([2H])c([2H])c([2H])c4[2H])c([2H])c3[2H])nc(-c3c([2H])c([2H])c(-n4c5c([2H])c([2H])c([2H])c([2H])c5c5c([2H])c([2H])c(-c6c([2H])c([2H])c([2H])c7c6sc6c([2H])c([2H])c([2H])c([2H])c67)c([2H])c54)c([2H])c3[2H])n2)c([2H])c1[2H]. The maximum Gasteiger partial charge on any atom is 0.164 e. The molecule has 11 rings (SSSR count). The standard InChI is InChI=1S/C51H32N4S/c1-3-12-33(13-4-1)34-22-24-36(25-23-34)50-52-49(35-14-5-2-6-15-35)53-51(54-50)37-26-29-39(30-27-37)55-45-20-9-7-16-41(45)42-31-28-38(32-46(42)55)40-18-11-19-44-43-17-8-10-21-47(43)56-48(40)44/h1-32H/i1D,2D,3D,4D,5D,6D,7D,8D,9D,10D,11D,12D,13D,14D,15D,16D,17D,18D,19D,20D,21D,22D,23D,24D,25D,26D,27D,28D,29D,30D,31D,32D. The molecule has 0 radical (unpaired) electrons. The van der Waals surface area contributed by atoms with Crippen LogP contribution in [0, 0.1) is 0 Å². The van der Waals surface area contributed by atoms with Gasteiger partial charge in [-0.3, -0.25) is 0 Å². The van der Waals surface area contributed by atoms with E-state index in [2.05, 4.69) is 15.0 Å². The summed E-state index contributed by atoms with van der Waals surface area (Å²) in [6, 6.07) is -29.2. The van der Waals surface area contributed by atoms with Crippen LogP contribution in [-0.4, -0.2) is 19.5 Å². The summed E-state index contributed by atoms with van der Waals surface area (Å²) >= 11 is 0.619. The summed E-state index contributed by atoms with van der Waals surface area (Å²) in [7, 11) is 0. The number of nitrogens with zero attached hydrogens (tertiary/aromatic N) is 4. The third-order valence-electron chi connectivity index (χ3n) is 8.36. The summed E-state index contributed by atoms with van der Waals surface area (Å²) in [5.41, 5.74) is -7.62. The van der Waals surface area contributed by atoms with Gasteiger partial charge in [0.25, 0.3) is 0 Å². The first-order chi connectivity index (χ1) is 41.1. The fourth-order valence-electron chi connectivity index (χ4n) is 5.89. The Kier molecular flexibility index (Phi) is 3.20. The van der Waals surface area contributed by atoms with Crippen molar-refractivity contribution in [3.63, 3.8) is 0 Å². The summed E-state index contributed by atoms with van der Waals surface area (Å²) in [6.07, 6.45) is 0. The number of thiophene rings is 1. The second-order valence-corrected chi connectivity index (χ2v) is 12.6. The first-order valence-corrected chi connectivity index (χ1v) is 17.0. The van der Waals surface area contributed by atoms with Crippen molar-refractivity contribution in [3.05, 3.63) is 193 Å². The van der Waals surface area contributed by atoms with Gasteiger partial charge in [-0.1, -0.05) is 151 Å². The van der Waals surface area contributed by atoms with Crippen LogP contribution in [0.4, 0.5) is 0 Å². The number of rotatable bonds is 6. The molecule has 0 atom stereocenters. The van der Waals surface area contributed by atoms with Crippen LogP contribution in [0.2, 0.25) is 0 Å². The molecule has 0 N–H and O–H groups in total. The van der Waals surface area contributed by atoms with Crippen molar-refractivity contribution in [1.29, 1.82) is 0 Å². The van der Waals surface area contributed by atoms with Gasteiger partial charge < -0.3 is 4.57 Å². The highest BCUT2D eigenvalue weighted by atomic mass is 32.1. The van der Waals surface area contributed by atoms with Crippen molar-refractivity contribution in [1.82, 2.24) is 19.5 Å². The fraction of sp³-hybridized carbons (Fsp3) is 0. The van der Waals surface area contributed by atoms with E-state index in [0.29, 0.717) is 15.9 Å². The van der Waals surface area contributed by atoms with Crippen molar-refractivity contribution in [2.75, 3.05) is 0 Å². The molecule has 11 aromatic rings. The van der Waals surface area contributed by atoms with Gasteiger partial charge in [0.1, 0.15) is 0 Å². The van der Waals surface area contributed by atoms with Crippen molar-refractivity contribution < 1.29 is 43.9 Å². The number of benzene rings is 8. The van der Waals surface area contributed by atoms with Crippen molar-refractivity contribution in [2.45, 2.75) is 0 Å². The second-order valence-electron chi connectivity index (χ2n) is 11.6. The van der Waals surface area contributed by atoms with E-state index in [9.17, 15) is 15.1 Å². The minimum Gasteiger partial charge on any atom is -0.309 e. The Morgan fingerprint density at radius 2 is 0.875 bits per heavy atom. The molecule has 3 heterocycles. The van der Waals surface area contributed by atoms with E-state index in [1.165, 1.54) is 0 Å². The third kappa shape index (κ3) is 5.48. The summed E-state index contributed by atoms with van der Waals surface area (Å²) in [5, 5.41) is -1.70. The van der Waals surface area contributed by atoms with Crippen LogP contribution in [0.25, 0.3) is 104 Å². The second kappa shape index (κ2) is 13.3. The molecule has 4 nitrogen and oxygen atoms in total. The van der Waals surface area contributed by atoms with Crippen molar-refractivity contribution in [3.8, 4) is 62.1 Å². The maximum absolute atomic E-state index is 9.98. The predicted octanol–water partition coefficient (Wildman–Crippen LogP) is 13.7. The Morgan fingerprint density at radius 1 is 0.375 bits per heavy atom. The Labute approximate surface area is 372 Å². The van der Waals surface area contributed by atoms with Crippen LogP contribution in [0.5, 0.6) is 0 Å². The smallest absolute Gasteiger partial charge is 0.164 e. The van der Waals surface area contributed by atoms with Gasteiger partial charge >= 0.3 is 0 Å². The Balaban J connectivity index is 1.26. The van der Waals surface area contributed by atoms with Gasteiger partial charge in [-0.15, -0.1) is 11.3 Å². The quantitative estimate of drug-likeness (QED) is 0.169. The van der Waals surface area contributed by atoms with E-state index >= 15 is 0 Å². The minimum absolute atomic E-state index is 0.147. The number of hydrogen-bond acceptors (Lipinski definition) is 4.